The third-order valence-electron chi connectivity index (χ3n) is 3.28. The van der Waals surface area contributed by atoms with E-state index < -0.39 is 0 Å². The van der Waals surface area contributed by atoms with Crippen molar-refractivity contribution < 1.29 is 4.74 Å². The SMILES string of the molecule is COc1cc(N)ccc1CN(C)CCc1ccncc1. The highest BCUT2D eigenvalue weighted by Gasteiger charge is 2.07. The van der Waals surface area contributed by atoms with Crippen LogP contribution in [0.3, 0.4) is 0 Å². The molecule has 0 spiro atoms. The largest absolute Gasteiger partial charge is 0.496 e. The number of nitrogens with two attached hydrogens (primary N) is 1. The van der Waals surface area contributed by atoms with E-state index in [1.807, 2.05) is 30.6 Å². The maximum Gasteiger partial charge on any atom is 0.125 e. The average molecular weight is 271 g/mol. The van der Waals surface area contributed by atoms with E-state index in [0.29, 0.717) is 0 Å². The van der Waals surface area contributed by atoms with E-state index in [1.165, 1.54) is 5.56 Å². The number of anilines is 1. The number of rotatable bonds is 6. The second-order valence-electron chi connectivity index (χ2n) is 4.91. The van der Waals surface area contributed by atoms with E-state index in [4.69, 9.17) is 10.5 Å². The molecule has 1 heterocycles. The minimum atomic E-state index is 0.727. The maximum absolute atomic E-state index is 5.77. The molecule has 20 heavy (non-hydrogen) atoms. The normalized spacial score (nSPS) is 10.8. The Balaban J connectivity index is 1.93. The van der Waals surface area contributed by atoms with Gasteiger partial charge in [-0.3, -0.25) is 4.98 Å². The van der Waals surface area contributed by atoms with Gasteiger partial charge < -0.3 is 15.4 Å². The number of nitrogen functional groups attached to an aromatic ring is 1. The molecule has 0 saturated carbocycles. The van der Waals surface area contributed by atoms with Crippen molar-refractivity contribution in [3.63, 3.8) is 0 Å². The lowest BCUT2D eigenvalue weighted by Crippen LogP contribution is -2.21. The zero-order valence-corrected chi connectivity index (χ0v) is 12.0. The van der Waals surface area contributed by atoms with Gasteiger partial charge in [0.15, 0.2) is 0 Å². The van der Waals surface area contributed by atoms with Gasteiger partial charge in [0.2, 0.25) is 0 Å². The molecule has 106 valence electrons. The van der Waals surface area contributed by atoms with Crippen molar-refractivity contribution in [3.05, 3.63) is 53.9 Å². The van der Waals surface area contributed by atoms with Crippen LogP contribution in [0.15, 0.2) is 42.7 Å². The molecule has 0 saturated heterocycles. The molecule has 2 aromatic rings. The first-order valence-electron chi connectivity index (χ1n) is 6.69. The molecule has 4 heteroatoms. The molecule has 2 rings (SSSR count). The Morgan fingerprint density at radius 2 is 1.95 bits per heavy atom. The van der Waals surface area contributed by atoms with Gasteiger partial charge in [-0.2, -0.15) is 0 Å². The van der Waals surface area contributed by atoms with Gasteiger partial charge >= 0.3 is 0 Å². The Hall–Kier alpha value is -2.07. The number of ether oxygens (including phenoxy) is 1. The molecule has 0 radical (unpaired) electrons. The van der Waals surface area contributed by atoms with Gasteiger partial charge in [0.25, 0.3) is 0 Å². The number of methoxy groups -OCH3 is 1. The summed E-state index contributed by atoms with van der Waals surface area (Å²) in [4.78, 5) is 6.30. The Labute approximate surface area is 120 Å². The Bertz CT molecular complexity index is 543. The molecule has 1 aromatic carbocycles. The summed E-state index contributed by atoms with van der Waals surface area (Å²) < 4.78 is 5.37. The summed E-state index contributed by atoms with van der Waals surface area (Å²) in [7, 11) is 3.78. The van der Waals surface area contributed by atoms with Crippen LogP contribution >= 0.6 is 0 Å². The van der Waals surface area contributed by atoms with Crippen LogP contribution in [0.25, 0.3) is 0 Å². The van der Waals surface area contributed by atoms with Crippen molar-refractivity contribution in [2.45, 2.75) is 13.0 Å². The second-order valence-corrected chi connectivity index (χ2v) is 4.91. The average Bonchev–Trinajstić information content (AvgIpc) is 2.48. The summed E-state index contributed by atoms with van der Waals surface area (Å²) in [5.74, 6) is 0.848. The quantitative estimate of drug-likeness (QED) is 0.819. The van der Waals surface area contributed by atoms with Gasteiger partial charge in [-0.05, 0) is 37.2 Å². The Kier molecular flexibility index (Phi) is 4.96. The zero-order chi connectivity index (χ0) is 14.4. The van der Waals surface area contributed by atoms with Gasteiger partial charge in [-0.15, -0.1) is 0 Å². The molecule has 1 aromatic heterocycles. The van der Waals surface area contributed by atoms with Crippen LogP contribution in [0.5, 0.6) is 5.75 Å². The van der Waals surface area contributed by atoms with Crippen molar-refractivity contribution in [1.29, 1.82) is 0 Å². The van der Waals surface area contributed by atoms with Crippen LogP contribution in [-0.2, 0) is 13.0 Å². The molecule has 0 fully saturated rings. The van der Waals surface area contributed by atoms with Gasteiger partial charge in [0.05, 0.1) is 7.11 Å². The summed E-state index contributed by atoms with van der Waals surface area (Å²) in [6.07, 6.45) is 4.67. The van der Waals surface area contributed by atoms with Crippen LogP contribution in [0.4, 0.5) is 5.69 Å². The first-order valence-corrected chi connectivity index (χ1v) is 6.69. The molecule has 0 bridgehead atoms. The van der Waals surface area contributed by atoms with Crippen LogP contribution in [0.2, 0.25) is 0 Å². The van der Waals surface area contributed by atoms with Crippen molar-refractivity contribution >= 4 is 5.69 Å². The number of pyridine rings is 1. The van der Waals surface area contributed by atoms with Crippen LogP contribution in [0, 0.1) is 0 Å². The molecule has 0 atom stereocenters. The van der Waals surface area contributed by atoms with Crippen molar-refractivity contribution in [2.75, 3.05) is 26.4 Å². The van der Waals surface area contributed by atoms with Crippen molar-refractivity contribution in [1.82, 2.24) is 9.88 Å². The molecule has 0 amide bonds. The van der Waals surface area contributed by atoms with E-state index in [2.05, 4.69) is 29.1 Å². The Morgan fingerprint density at radius 1 is 1.20 bits per heavy atom. The number of aromatic nitrogens is 1. The summed E-state index contributed by atoms with van der Waals surface area (Å²) >= 11 is 0. The molecular formula is C16H21N3O. The minimum absolute atomic E-state index is 0.727. The number of hydrogen-bond acceptors (Lipinski definition) is 4. The lowest BCUT2D eigenvalue weighted by atomic mass is 10.1. The van der Waals surface area contributed by atoms with Gasteiger partial charge in [0.1, 0.15) is 5.75 Å². The van der Waals surface area contributed by atoms with Gasteiger partial charge in [-0.25, -0.2) is 0 Å². The topological polar surface area (TPSA) is 51.4 Å². The third kappa shape index (κ3) is 3.96. The summed E-state index contributed by atoms with van der Waals surface area (Å²) in [5.41, 5.74) is 8.95. The molecule has 0 aliphatic heterocycles. The van der Waals surface area contributed by atoms with E-state index >= 15 is 0 Å². The Morgan fingerprint density at radius 3 is 2.65 bits per heavy atom. The van der Waals surface area contributed by atoms with Crippen molar-refractivity contribution in [3.8, 4) is 5.75 Å². The molecule has 4 nitrogen and oxygen atoms in total. The fraction of sp³-hybridized carbons (Fsp3) is 0.312. The molecule has 0 unspecified atom stereocenters. The zero-order valence-electron chi connectivity index (χ0n) is 12.0. The minimum Gasteiger partial charge on any atom is -0.496 e. The number of nitrogens with zero attached hydrogens (tertiary/aromatic N) is 2. The van der Waals surface area contributed by atoms with Crippen LogP contribution in [0.1, 0.15) is 11.1 Å². The lowest BCUT2D eigenvalue weighted by molar-refractivity contribution is 0.321. The number of benzene rings is 1. The van der Waals surface area contributed by atoms with Crippen molar-refractivity contribution in [2.24, 2.45) is 0 Å². The molecular weight excluding hydrogens is 250 g/mol. The summed E-state index contributed by atoms with van der Waals surface area (Å²) in [6, 6.07) is 9.91. The van der Waals surface area contributed by atoms with E-state index in [1.54, 1.807) is 7.11 Å². The van der Waals surface area contributed by atoms with Gasteiger partial charge in [0, 0.05) is 42.8 Å². The fourth-order valence-corrected chi connectivity index (χ4v) is 2.13. The third-order valence-corrected chi connectivity index (χ3v) is 3.28. The molecule has 0 aliphatic carbocycles. The predicted molar refractivity (Wildman–Crippen MR) is 81.7 cm³/mol. The number of likely N-dealkylation sites (N-methyl/N-ethyl adjacent to an activating group) is 1. The predicted octanol–water partition coefficient (Wildman–Crippen LogP) is 2.35. The molecule has 0 aliphatic rings. The maximum atomic E-state index is 5.77. The summed E-state index contributed by atoms with van der Waals surface area (Å²) in [6.45, 7) is 1.83. The highest BCUT2D eigenvalue weighted by molar-refractivity contribution is 5.48. The first kappa shape index (κ1) is 14.3. The van der Waals surface area contributed by atoms with E-state index in [0.717, 1.165) is 36.5 Å². The monoisotopic (exact) mass is 271 g/mol. The van der Waals surface area contributed by atoms with Crippen LogP contribution in [-0.4, -0.2) is 30.6 Å². The lowest BCUT2D eigenvalue weighted by Gasteiger charge is -2.18. The standard InChI is InChI=1S/C16H21N3O/c1-19(10-7-13-5-8-18-9-6-13)12-14-3-4-15(17)11-16(14)20-2/h3-6,8-9,11H,7,10,12,17H2,1-2H3. The van der Waals surface area contributed by atoms with Gasteiger partial charge in [-0.1, -0.05) is 6.07 Å². The second kappa shape index (κ2) is 6.91. The first-order chi connectivity index (χ1) is 9.69. The van der Waals surface area contributed by atoms with E-state index in [9.17, 15) is 0 Å². The summed E-state index contributed by atoms with van der Waals surface area (Å²) in [5, 5.41) is 0. The highest BCUT2D eigenvalue weighted by Crippen LogP contribution is 2.22. The number of hydrogen-bond donors (Lipinski definition) is 1. The highest BCUT2D eigenvalue weighted by atomic mass is 16.5. The molecule has 2 N–H and O–H groups in total. The fourth-order valence-electron chi connectivity index (χ4n) is 2.13. The smallest absolute Gasteiger partial charge is 0.125 e. The van der Waals surface area contributed by atoms with E-state index in [-0.39, 0.29) is 0 Å². The van der Waals surface area contributed by atoms with Crippen LogP contribution < -0.4 is 10.5 Å².